The number of amides is 2. The Morgan fingerprint density at radius 2 is 1.55 bits per heavy atom. The lowest BCUT2D eigenvalue weighted by molar-refractivity contribution is -0.117. The summed E-state index contributed by atoms with van der Waals surface area (Å²) in [7, 11) is 0. The standard InChI is InChI=1S/C21H26N4O2.2ClH/c1-15-5-3-6-16(2)20(15)23-19(26)14-24-9-11-25(12-10-24)21(27)17-7-4-8-18(22)13-17;;/h3-8,13H,9-12,14,22H2,1-2H3,(H,23,26);2*1H. The smallest absolute Gasteiger partial charge is 0.254 e. The van der Waals surface area contributed by atoms with Crippen molar-refractivity contribution in [1.29, 1.82) is 0 Å². The molecule has 0 saturated carbocycles. The molecule has 6 nitrogen and oxygen atoms in total. The molecule has 0 unspecified atom stereocenters. The highest BCUT2D eigenvalue weighted by Crippen LogP contribution is 2.19. The van der Waals surface area contributed by atoms with Crippen LogP contribution in [-0.2, 0) is 4.79 Å². The number of nitrogens with two attached hydrogens (primary N) is 1. The van der Waals surface area contributed by atoms with Gasteiger partial charge in [-0.25, -0.2) is 0 Å². The van der Waals surface area contributed by atoms with Crippen molar-refractivity contribution >= 4 is 48.0 Å². The summed E-state index contributed by atoms with van der Waals surface area (Å²) in [4.78, 5) is 28.9. The first-order valence-corrected chi connectivity index (χ1v) is 9.17. The Morgan fingerprint density at radius 1 is 0.966 bits per heavy atom. The van der Waals surface area contributed by atoms with E-state index in [1.165, 1.54) is 0 Å². The molecule has 0 radical (unpaired) electrons. The summed E-state index contributed by atoms with van der Waals surface area (Å²) in [5.41, 5.74) is 9.96. The molecule has 8 heteroatoms. The van der Waals surface area contributed by atoms with Gasteiger partial charge in [0.1, 0.15) is 0 Å². The van der Waals surface area contributed by atoms with Crippen molar-refractivity contribution in [1.82, 2.24) is 9.80 Å². The maximum atomic E-state index is 12.6. The highest BCUT2D eigenvalue weighted by molar-refractivity contribution is 5.95. The van der Waals surface area contributed by atoms with Crippen LogP contribution in [0.3, 0.4) is 0 Å². The first-order valence-electron chi connectivity index (χ1n) is 9.17. The number of nitrogens with one attached hydrogen (secondary N) is 1. The van der Waals surface area contributed by atoms with E-state index >= 15 is 0 Å². The van der Waals surface area contributed by atoms with Gasteiger partial charge in [0.2, 0.25) is 5.91 Å². The molecule has 0 bridgehead atoms. The van der Waals surface area contributed by atoms with E-state index in [-0.39, 0.29) is 36.6 Å². The zero-order valence-corrected chi connectivity index (χ0v) is 18.3. The van der Waals surface area contributed by atoms with E-state index in [1.54, 1.807) is 24.3 Å². The third-order valence-corrected chi connectivity index (χ3v) is 4.91. The maximum Gasteiger partial charge on any atom is 0.254 e. The van der Waals surface area contributed by atoms with Gasteiger partial charge in [-0.2, -0.15) is 0 Å². The van der Waals surface area contributed by atoms with Gasteiger partial charge in [0.15, 0.2) is 0 Å². The number of nitrogens with zero attached hydrogens (tertiary/aromatic N) is 2. The maximum absolute atomic E-state index is 12.6. The first-order chi connectivity index (χ1) is 12.9. The zero-order chi connectivity index (χ0) is 19.4. The number of aryl methyl sites for hydroxylation is 2. The highest BCUT2D eigenvalue weighted by Gasteiger charge is 2.23. The van der Waals surface area contributed by atoms with Gasteiger partial charge in [-0.05, 0) is 43.2 Å². The summed E-state index contributed by atoms with van der Waals surface area (Å²) in [5, 5.41) is 3.02. The summed E-state index contributed by atoms with van der Waals surface area (Å²) in [6, 6.07) is 13.0. The van der Waals surface area contributed by atoms with Gasteiger partial charge in [-0.3, -0.25) is 14.5 Å². The van der Waals surface area contributed by atoms with Crippen molar-refractivity contribution < 1.29 is 9.59 Å². The lowest BCUT2D eigenvalue weighted by Gasteiger charge is -2.34. The van der Waals surface area contributed by atoms with E-state index in [9.17, 15) is 9.59 Å². The fourth-order valence-corrected chi connectivity index (χ4v) is 3.36. The number of para-hydroxylation sites is 1. The molecular weight excluding hydrogens is 411 g/mol. The number of nitrogen functional groups attached to an aromatic ring is 1. The molecule has 29 heavy (non-hydrogen) atoms. The number of halogens is 2. The minimum Gasteiger partial charge on any atom is -0.399 e. The lowest BCUT2D eigenvalue weighted by atomic mass is 10.1. The number of rotatable bonds is 4. The molecule has 0 spiro atoms. The van der Waals surface area contributed by atoms with Crippen LogP contribution in [0.2, 0.25) is 0 Å². The van der Waals surface area contributed by atoms with E-state index < -0.39 is 0 Å². The first kappa shape index (κ1) is 24.8. The van der Waals surface area contributed by atoms with E-state index in [0.29, 0.717) is 44.0 Å². The monoisotopic (exact) mass is 438 g/mol. The van der Waals surface area contributed by atoms with Crippen molar-refractivity contribution in [2.45, 2.75) is 13.8 Å². The Hall–Kier alpha value is -2.28. The molecule has 158 valence electrons. The molecule has 0 aromatic heterocycles. The van der Waals surface area contributed by atoms with Crippen molar-refractivity contribution in [3.05, 3.63) is 59.2 Å². The number of piperazine rings is 1. The number of carbonyl (C=O) groups excluding carboxylic acids is 2. The largest absolute Gasteiger partial charge is 0.399 e. The van der Waals surface area contributed by atoms with Crippen LogP contribution in [0.15, 0.2) is 42.5 Å². The van der Waals surface area contributed by atoms with Gasteiger partial charge in [0.25, 0.3) is 5.91 Å². The van der Waals surface area contributed by atoms with Crippen LogP contribution >= 0.6 is 24.8 Å². The number of anilines is 2. The molecule has 1 fully saturated rings. The van der Waals surface area contributed by atoms with E-state index in [2.05, 4.69) is 10.2 Å². The van der Waals surface area contributed by atoms with Crippen LogP contribution in [0.1, 0.15) is 21.5 Å². The second kappa shape index (κ2) is 11.0. The van der Waals surface area contributed by atoms with Gasteiger partial charge in [0.05, 0.1) is 6.54 Å². The van der Waals surface area contributed by atoms with Gasteiger partial charge < -0.3 is 16.0 Å². The Labute approximate surface area is 184 Å². The average Bonchev–Trinajstić information content (AvgIpc) is 2.65. The second-order valence-corrected chi connectivity index (χ2v) is 7.01. The molecule has 1 saturated heterocycles. The summed E-state index contributed by atoms with van der Waals surface area (Å²) in [5.74, 6) is -0.0371. The van der Waals surface area contributed by atoms with Crippen LogP contribution in [0.4, 0.5) is 11.4 Å². The molecular formula is C21H28Cl2N4O2. The lowest BCUT2D eigenvalue weighted by Crippen LogP contribution is -2.50. The van der Waals surface area contributed by atoms with Crippen LogP contribution in [-0.4, -0.2) is 54.3 Å². The predicted molar refractivity (Wildman–Crippen MR) is 122 cm³/mol. The molecule has 2 aromatic rings. The van der Waals surface area contributed by atoms with E-state index in [4.69, 9.17) is 5.73 Å². The Balaban J connectivity index is 0.00000210. The normalized spacial score (nSPS) is 13.8. The Bertz CT molecular complexity index is 832. The Morgan fingerprint density at radius 3 is 2.14 bits per heavy atom. The fourth-order valence-electron chi connectivity index (χ4n) is 3.36. The topological polar surface area (TPSA) is 78.7 Å². The molecule has 3 rings (SSSR count). The van der Waals surface area contributed by atoms with Gasteiger partial charge >= 0.3 is 0 Å². The van der Waals surface area contributed by atoms with Crippen molar-refractivity contribution in [2.24, 2.45) is 0 Å². The van der Waals surface area contributed by atoms with Gasteiger partial charge in [-0.15, -0.1) is 24.8 Å². The quantitative estimate of drug-likeness (QED) is 0.718. The highest BCUT2D eigenvalue weighted by atomic mass is 35.5. The van der Waals surface area contributed by atoms with Crippen molar-refractivity contribution in [3.63, 3.8) is 0 Å². The SMILES string of the molecule is Cc1cccc(C)c1NC(=O)CN1CCN(C(=O)c2cccc(N)c2)CC1.Cl.Cl. The second-order valence-electron chi connectivity index (χ2n) is 7.01. The molecule has 0 aliphatic carbocycles. The van der Waals surface area contributed by atoms with Crippen molar-refractivity contribution in [3.8, 4) is 0 Å². The number of hydrogen-bond donors (Lipinski definition) is 2. The molecule has 3 N–H and O–H groups in total. The molecule has 2 amide bonds. The van der Waals surface area contributed by atoms with Crippen LogP contribution in [0, 0.1) is 13.8 Å². The van der Waals surface area contributed by atoms with Crippen LogP contribution in [0.25, 0.3) is 0 Å². The summed E-state index contributed by atoms with van der Waals surface area (Å²) in [6.07, 6.45) is 0. The number of benzene rings is 2. The van der Waals surface area contributed by atoms with E-state index in [0.717, 1.165) is 16.8 Å². The van der Waals surface area contributed by atoms with Gasteiger partial charge in [0, 0.05) is 43.1 Å². The number of carbonyl (C=O) groups is 2. The van der Waals surface area contributed by atoms with Gasteiger partial charge in [-0.1, -0.05) is 24.3 Å². The molecule has 0 atom stereocenters. The Kier molecular flexibility index (Phi) is 9.43. The average molecular weight is 439 g/mol. The predicted octanol–water partition coefficient (Wildman–Crippen LogP) is 3.13. The minimum atomic E-state index is -0.0250. The zero-order valence-electron chi connectivity index (χ0n) is 16.7. The molecule has 1 aliphatic heterocycles. The minimum absolute atomic E-state index is 0. The van der Waals surface area contributed by atoms with Crippen LogP contribution < -0.4 is 11.1 Å². The molecule has 2 aromatic carbocycles. The summed E-state index contributed by atoms with van der Waals surface area (Å²) >= 11 is 0. The van der Waals surface area contributed by atoms with Crippen LogP contribution in [0.5, 0.6) is 0 Å². The third-order valence-electron chi connectivity index (χ3n) is 4.91. The van der Waals surface area contributed by atoms with Crippen molar-refractivity contribution in [2.75, 3.05) is 43.8 Å². The fraction of sp³-hybridized carbons (Fsp3) is 0.333. The third kappa shape index (κ3) is 6.35. The number of hydrogen-bond acceptors (Lipinski definition) is 4. The summed E-state index contributed by atoms with van der Waals surface area (Å²) in [6.45, 7) is 6.86. The summed E-state index contributed by atoms with van der Waals surface area (Å²) < 4.78 is 0. The van der Waals surface area contributed by atoms with E-state index in [1.807, 2.05) is 36.9 Å². The molecule has 1 heterocycles. The molecule has 1 aliphatic rings.